The van der Waals surface area contributed by atoms with Gasteiger partial charge in [0.15, 0.2) is 0 Å². The summed E-state index contributed by atoms with van der Waals surface area (Å²) in [5.41, 5.74) is 5.94. The van der Waals surface area contributed by atoms with Gasteiger partial charge in [-0.2, -0.15) is 5.10 Å². The van der Waals surface area contributed by atoms with Crippen LogP contribution in [-0.2, 0) is 0 Å². The van der Waals surface area contributed by atoms with E-state index in [1.54, 1.807) is 6.07 Å². The number of nitrogens with zero attached hydrogens (tertiary/aromatic N) is 1. The van der Waals surface area contributed by atoms with Crippen LogP contribution in [-0.4, -0.2) is 11.6 Å². The minimum Gasteiger partial charge on any atom is -0.267 e. The minimum absolute atomic E-state index is 0.187. The number of carbonyl (C=O) groups excluding carboxylic acids is 1. The zero-order valence-corrected chi connectivity index (χ0v) is 11.1. The number of amides is 1. The molecule has 19 heavy (non-hydrogen) atoms. The second kappa shape index (κ2) is 5.96. The smallest absolute Gasteiger partial charge is 0.267 e. The van der Waals surface area contributed by atoms with Crippen molar-refractivity contribution in [1.29, 1.82) is 0 Å². The standard InChI is InChI=1S/C16H16N2O/c1-12-8-6-7-11-15(12)16(19)18-17-13(2)14-9-4-3-5-10-14/h3-11H,1-2H3,(H,18,19)/b17-13-. The van der Waals surface area contributed by atoms with Crippen molar-refractivity contribution >= 4 is 11.6 Å². The molecule has 0 atom stereocenters. The van der Waals surface area contributed by atoms with Crippen LogP contribution < -0.4 is 5.43 Å². The number of hydrogen-bond acceptors (Lipinski definition) is 2. The van der Waals surface area contributed by atoms with Crippen LogP contribution in [0.1, 0.15) is 28.4 Å². The summed E-state index contributed by atoms with van der Waals surface area (Å²) in [6.07, 6.45) is 0. The van der Waals surface area contributed by atoms with Crippen molar-refractivity contribution in [2.24, 2.45) is 5.10 Å². The zero-order valence-electron chi connectivity index (χ0n) is 11.1. The van der Waals surface area contributed by atoms with Gasteiger partial charge in [-0.1, -0.05) is 48.5 Å². The molecular formula is C16H16N2O. The van der Waals surface area contributed by atoms with Gasteiger partial charge < -0.3 is 0 Å². The molecule has 2 aromatic carbocycles. The third-order valence-electron chi connectivity index (χ3n) is 2.91. The topological polar surface area (TPSA) is 41.5 Å². The molecule has 0 bridgehead atoms. The molecule has 96 valence electrons. The summed E-state index contributed by atoms with van der Waals surface area (Å²) in [5.74, 6) is -0.187. The van der Waals surface area contributed by atoms with Crippen LogP contribution in [0.15, 0.2) is 59.7 Å². The molecule has 2 rings (SSSR count). The van der Waals surface area contributed by atoms with Gasteiger partial charge in [0.05, 0.1) is 5.71 Å². The second-order valence-corrected chi connectivity index (χ2v) is 4.32. The Hall–Kier alpha value is -2.42. The van der Waals surface area contributed by atoms with Crippen LogP contribution in [0, 0.1) is 6.92 Å². The fraction of sp³-hybridized carbons (Fsp3) is 0.125. The highest BCUT2D eigenvalue weighted by molar-refractivity contribution is 6.01. The lowest BCUT2D eigenvalue weighted by molar-refractivity contribution is 0.0954. The minimum atomic E-state index is -0.187. The van der Waals surface area contributed by atoms with E-state index in [2.05, 4.69) is 10.5 Å². The summed E-state index contributed by atoms with van der Waals surface area (Å²) in [6, 6.07) is 17.2. The van der Waals surface area contributed by atoms with Crippen molar-refractivity contribution in [3.63, 3.8) is 0 Å². The fourth-order valence-electron chi connectivity index (χ4n) is 1.77. The van der Waals surface area contributed by atoms with E-state index >= 15 is 0 Å². The number of hydrogen-bond donors (Lipinski definition) is 1. The Morgan fingerprint density at radius 3 is 2.32 bits per heavy atom. The number of carbonyl (C=O) groups is 1. The van der Waals surface area contributed by atoms with Crippen molar-refractivity contribution in [2.75, 3.05) is 0 Å². The van der Waals surface area contributed by atoms with E-state index in [0.29, 0.717) is 5.56 Å². The summed E-state index contributed by atoms with van der Waals surface area (Å²) in [6.45, 7) is 3.77. The summed E-state index contributed by atoms with van der Waals surface area (Å²) in [4.78, 5) is 12.0. The molecule has 0 fully saturated rings. The Kier molecular flexibility index (Phi) is 4.08. The first-order chi connectivity index (χ1) is 9.18. The van der Waals surface area contributed by atoms with Crippen LogP contribution in [0.5, 0.6) is 0 Å². The van der Waals surface area contributed by atoms with Crippen molar-refractivity contribution in [1.82, 2.24) is 5.43 Å². The molecule has 0 radical (unpaired) electrons. The van der Waals surface area contributed by atoms with Crippen molar-refractivity contribution in [3.8, 4) is 0 Å². The lowest BCUT2D eigenvalue weighted by Crippen LogP contribution is -2.20. The quantitative estimate of drug-likeness (QED) is 0.661. The van der Waals surface area contributed by atoms with Crippen LogP contribution in [0.25, 0.3) is 0 Å². The predicted octanol–water partition coefficient (Wildman–Crippen LogP) is 3.15. The Morgan fingerprint density at radius 1 is 1.00 bits per heavy atom. The highest BCUT2D eigenvalue weighted by Crippen LogP contribution is 2.06. The molecule has 3 nitrogen and oxygen atoms in total. The molecule has 0 aliphatic heterocycles. The second-order valence-electron chi connectivity index (χ2n) is 4.32. The van der Waals surface area contributed by atoms with E-state index in [1.807, 2.05) is 62.4 Å². The third kappa shape index (κ3) is 3.28. The summed E-state index contributed by atoms with van der Waals surface area (Å²) >= 11 is 0. The van der Waals surface area contributed by atoms with E-state index in [-0.39, 0.29) is 5.91 Å². The number of hydrazone groups is 1. The molecule has 0 aliphatic rings. The van der Waals surface area contributed by atoms with E-state index in [4.69, 9.17) is 0 Å². The van der Waals surface area contributed by atoms with Gasteiger partial charge in [-0.3, -0.25) is 4.79 Å². The maximum atomic E-state index is 12.0. The first-order valence-electron chi connectivity index (χ1n) is 6.14. The van der Waals surface area contributed by atoms with Crippen LogP contribution in [0.4, 0.5) is 0 Å². The van der Waals surface area contributed by atoms with Crippen LogP contribution >= 0.6 is 0 Å². The average Bonchev–Trinajstić information content (AvgIpc) is 2.46. The van der Waals surface area contributed by atoms with Gasteiger partial charge >= 0.3 is 0 Å². The third-order valence-corrected chi connectivity index (χ3v) is 2.91. The van der Waals surface area contributed by atoms with Crippen molar-refractivity contribution in [2.45, 2.75) is 13.8 Å². The molecule has 0 aliphatic carbocycles. The molecule has 0 heterocycles. The van der Waals surface area contributed by atoms with Gasteiger partial charge in [0, 0.05) is 5.56 Å². The highest BCUT2D eigenvalue weighted by Gasteiger charge is 2.07. The van der Waals surface area contributed by atoms with E-state index < -0.39 is 0 Å². The van der Waals surface area contributed by atoms with E-state index in [0.717, 1.165) is 16.8 Å². The Bertz CT molecular complexity index is 603. The molecule has 1 N–H and O–H groups in total. The first-order valence-corrected chi connectivity index (χ1v) is 6.14. The fourth-order valence-corrected chi connectivity index (χ4v) is 1.77. The lowest BCUT2D eigenvalue weighted by atomic mass is 10.1. The summed E-state index contributed by atoms with van der Waals surface area (Å²) in [7, 11) is 0. The lowest BCUT2D eigenvalue weighted by Gasteiger charge is -2.05. The van der Waals surface area contributed by atoms with E-state index in [9.17, 15) is 4.79 Å². The predicted molar refractivity (Wildman–Crippen MR) is 77.3 cm³/mol. The number of benzene rings is 2. The van der Waals surface area contributed by atoms with E-state index in [1.165, 1.54) is 0 Å². The number of aryl methyl sites for hydroxylation is 1. The number of nitrogens with one attached hydrogen (secondary N) is 1. The van der Waals surface area contributed by atoms with Crippen molar-refractivity contribution < 1.29 is 4.79 Å². The van der Waals surface area contributed by atoms with Gasteiger partial charge in [0.2, 0.25) is 0 Å². The molecule has 0 aromatic heterocycles. The summed E-state index contributed by atoms with van der Waals surface area (Å²) < 4.78 is 0. The van der Waals surface area contributed by atoms with Gasteiger partial charge in [-0.25, -0.2) is 5.43 Å². The average molecular weight is 252 g/mol. The molecular weight excluding hydrogens is 236 g/mol. The Labute approximate surface area is 113 Å². The highest BCUT2D eigenvalue weighted by atomic mass is 16.2. The number of rotatable bonds is 3. The van der Waals surface area contributed by atoms with Gasteiger partial charge in [0.1, 0.15) is 0 Å². The monoisotopic (exact) mass is 252 g/mol. The summed E-state index contributed by atoms with van der Waals surface area (Å²) in [5, 5.41) is 4.13. The van der Waals surface area contributed by atoms with Crippen molar-refractivity contribution in [3.05, 3.63) is 71.3 Å². The largest absolute Gasteiger partial charge is 0.271 e. The van der Waals surface area contributed by atoms with Gasteiger partial charge in [-0.05, 0) is 31.0 Å². The Balaban J connectivity index is 2.11. The zero-order chi connectivity index (χ0) is 13.7. The molecule has 3 heteroatoms. The van der Waals surface area contributed by atoms with Crippen LogP contribution in [0.3, 0.4) is 0 Å². The maximum Gasteiger partial charge on any atom is 0.271 e. The molecule has 0 unspecified atom stereocenters. The SMILES string of the molecule is C/C(=N/NC(=O)c1ccccc1C)c1ccccc1. The van der Waals surface area contributed by atoms with Gasteiger partial charge in [0.25, 0.3) is 5.91 Å². The maximum absolute atomic E-state index is 12.0. The first kappa shape index (κ1) is 13.0. The van der Waals surface area contributed by atoms with Gasteiger partial charge in [-0.15, -0.1) is 0 Å². The normalized spacial score (nSPS) is 11.2. The van der Waals surface area contributed by atoms with Crippen LogP contribution in [0.2, 0.25) is 0 Å². The molecule has 0 spiro atoms. The molecule has 0 saturated heterocycles. The molecule has 1 amide bonds. The molecule has 2 aromatic rings. The molecule has 0 saturated carbocycles. The Morgan fingerprint density at radius 2 is 1.63 bits per heavy atom.